The summed E-state index contributed by atoms with van der Waals surface area (Å²) in [7, 11) is 4.65. The van der Waals surface area contributed by atoms with Crippen molar-refractivity contribution in [3.05, 3.63) is 52.2 Å². The Kier molecular flexibility index (Phi) is 6.88. The lowest BCUT2D eigenvalue weighted by Crippen LogP contribution is -2.30. The first-order chi connectivity index (χ1) is 16.4. The summed E-state index contributed by atoms with van der Waals surface area (Å²) in [5, 5.41) is 18.3. The molecule has 2 aromatic carbocycles. The average molecular weight is 486 g/mol. The van der Waals surface area contributed by atoms with Crippen LogP contribution >= 0.6 is 11.6 Å². The fourth-order valence-corrected chi connectivity index (χ4v) is 4.64. The minimum atomic E-state index is -0.472. The maximum Gasteiger partial charge on any atom is 0.273 e. The predicted molar refractivity (Wildman–Crippen MR) is 129 cm³/mol. The Bertz CT molecular complexity index is 1180. The van der Waals surface area contributed by atoms with Crippen molar-refractivity contribution in [1.29, 1.82) is 0 Å². The van der Waals surface area contributed by atoms with Gasteiger partial charge in [-0.25, -0.2) is 0 Å². The van der Waals surface area contributed by atoms with E-state index in [1.165, 1.54) is 6.07 Å². The number of benzene rings is 2. The van der Waals surface area contributed by atoms with Gasteiger partial charge in [0.05, 0.1) is 27.4 Å². The smallest absolute Gasteiger partial charge is 0.273 e. The summed E-state index contributed by atoms with van der Waals surface area (Å²) in [5.41, 5.74) is 2.77. The van der Waals surface area contributed by atoms with Crippen molar-refractivity contribution in [2.45, 2.75) is 32.2 Å². The average Bonchev–Trinajstić information content (AvgIpc) is 3.38. The van der Waals surface area contributed by atoms with Gasteiger partial charge in [0, 0.05) is 22.7 Å². The molecule has 0 saturated carbocycles. The van der Waals surface area contributed by atoms with Crippen molar-refractivity contribution in [3.8, 4) is 34.3 Å². The molecule has 1 amide bonds. The second-order valence-corrected chi connectivity index (χ2v) is 8.53. The highest BCUT2D eigenvalue weighted by Crippen LogP contribution is 2.48. The first-order valence-electron chi connectivity index (χ1n) is 11.1. The highest BCUT2D eigenvalue weighted by molar-refractivity contribution is 6.31. The molecule has 2 N–H and O–H groups in total. The maximum atomic E-state index is 13.5. The van der Waals surface area contributed by atoms with Gasteiger partial charge in [0.15, 0.2) is 11.5 Å². The summed E-state index contributed by atoms with van der Waals surface area (Å²) in [6.07, 6.45) is 2.89. The number of aromatic nitrogens is 2. The Hall–Kier alpha value is -3.39. The highest BCUT2D eigenvalue weighted by atomic mass is 35.5. The standard InChI is InChI=1S/C25H28ClN3O5/c1-5-6-7-10-29-23(14-11-18(32-2)24(34-4)19(12-14)33-3)20-21(27-28-22(20)25(29)31)16-13-15(26)8-9-17(16)30/h8-9,11-13,23,30H,5-7,10H2,1-4H3,(H,27,28). The molecule has 180 valence electrons. The molecule has 34 heavy (non-hydrogen) atoms. The first kappa shape index (κ1) is 23.8. The number of hydrogen-bond acceptors (Lipinski definition) is 6. The van der Waals surface area contributed by atoms with Crippen molar-refractivity contribution in [1.82, 2.24) is 15.1 Å². The third kappa shape index (κ3) is 4.03. The van der Waals surface area contributed by atoms with Crippen LogP contribution < -0.4 is 14.2 Å². The molecule has 3 aromatic rings. The number of nitrogens with zero attached hydrogens (tertiary/aromatic N) is 2. The Balaban J connectivity index is 1.92. The largest absolute Gasteiger partial charge is 0.507 e. The molecule has 0 fully saturated rings. The molecule has 1 aliphatic rings. The zero-order chi connectivity index (χ0) is 24.4. The number of phenols is 1. The van der Waals surface area contributed by atoms with Gasteiger partial charge in [0.1, 0.15) is 17.1 Å². The second-order valence-electron chi connectivity index (χ2n) is 8.09. The number of rotatable bonds is 9. The number of carbonyl (C=O) groups excluding carboxylic acids is 1. The van der Waals surface area contributed by atoms with Gasteiger partial charge < -0.3 is 24.2 Å². The Morgan fingerprint density at radius 3 is 2.41 bits per heavy atom. The Morgan fingerprint density at radius 1 is 1.09 bits per heavy atom. The van der Waals surface area contributed by atoms with Gasteiger partial charge in [0.2, 0.25) is 5.75 Å². The number of nitrogens with one attached hydrogen (secondary N) is 1. The van der Waals surface area contributed by atoms with Gasteiger partial charge in [-0.2, -0.15) is 5.10 Å². The van der Waals surface area contributed by atoms with Gasteiger partial charge in [-0.15, -0.1) is 0 Å². The molecule has 0 radical (unpaired) electrons. The molecule has 0 saturated heterocycles. The zero-order valence-electron chi connectivity index (χ0n) is 19.6. The minimum absolute atomic E-state index is 0.0271. The third-order valence-electron chi connectivity index (χ3n) is 6.08. The number of amides is 1. The summed E-state index contributed by atoms with van der Waals surface area (Å²) < 4.78 is 16.6. The van der Waals surface area contributed by atoms with E-state index in [0.29, 0.717) is 51.3 Å². The van der Waals surface area contributed by atoms with Gasteiger partial charge in [-0.1, -0.05) is 31.4 Å². The molecule has 2 heterocycles. The van der Waals surface area contributed by atoms with Crippen molar-refractivity contribution in [3.63, 3.8) is 0 Å². The van der Waals surface area contributed by atoms with Crippen LogP contribution in [0.4, 0.5) is 0 Å². The highest BCUT2D eigenvalue weighted by Gasteiger charge is 2.43. The lowest BCUT2D eigenvalue weighted by molar-refractivity contribution is 0.0740. The normalized spacial score (nSPS) is 14.9. The fourth-order valence-electron chi connectivity index (χ4n) is 4.47. The van der Waals surface area contributed by atoms with E-state index in [0.717, 1.165) is 24.8 Å². The summed E-state index contributed by atoms with van der Waals surface area (Å²) in [6, 6.07) is 7.98. The number of unbranched alkanes of at least 4 members (excludes halogenated alkanes) is 2. The topological polar surface area (TPSA) is 96.9 Å². The number of aromatic hydroxyl groups is 1. The van der Waals surface area contributed by atoms with Crippen LogP contribution in [0, 0.1) is 0 Å². The number of methoxy groups -OCH3 is 3. The van der Waals surface area contributed by atoms with E-state index in [4.69, 9.17) is 25.8 Å². The van der Waals surface area contributed by atoms with E-state index in [2.05, 4.69) is 17.1 Å². The Labute approximate surface area is 203 Å². The van der Waals surface area contributed by atoms with E-state index in [9.17, 15) is 9.90 Å². The lowest BCUT2D eigenvalue weighted by Gasteiger charge is -2.27. The number of ether oxygens (including phenoxy) is 3. The third-order valence-corrected chi connectivity index (χ3v) is 6.32. The molecule has 9 heteroatoms. The molecule has 1 unspecified atom stereocenters. The molecule has 0 spiro atoms. The number of hydrogen-bond donors (Lipinski definition) is 2. The summed E-state index contributed by atoms with van der Waals surface area (Å²) in [5.74, 6) is 1.32. The van der Waals surface area contributed by atoms with Crippen LogP contribution in [0.25, 0.3) is 11.3 Å². The monoisotopic (exact) mass is 485 g/mol. The predicted octanol–water partition coefficient (Wildman–Crippen LogP) is 5.20. The molecule has 0 aliphatic carbocycles. The van der Waals surface area contributed by atoms with E-state index in [-0.39, 0.29) is 11.7 Å². The quantitative estimate of drug-likeness (QED) is 0.404. The molecule has 4 rings (SSSR count). The number of phenolic OH excluding ortho intramolecular Hbond substituents is 1. The van der Waals surface area contributed by atoms with Gasteiger partial charge in [-0.05, 0) is 42.3 Å². The maximum absolute atomic E-state index is 13.5. The number of carbonyl (C=O) groups is 1. The van der Waals surface area contributed by atoms with Gasteiger partial charge in [0.25, 0.3) is 5.91 Å². The van der Waals surface area contributed by atoms with Crippen molar-refractivity contribution in [2.75, 3.05) is 27.9 Å². The van der Waals surface area contributed by atoms with E-state index < -0.39 is 6.04 Å². The van der Waals surface area contributed by atoms with E-state index in [1.807, 2.05) is 17.0 Å². The number of halogens is 1. The minimum Gasteiger partial charge on any atom is -0.507 e. The zero-order valence-corrected chi connectivity index (χ0v) is 20.4. The lowest BCUT2D eigenvalue weighted by atomic mass is 9.95. The van der Waals surface area contributed by atoms with Crippen LogP contribution in [0.15, 0.2) is 30.3 Å². The van der Waals surface area contributed by atoms with Crippen LogP contribution in [-0.2, 0) is 0 Å². The SMILES string of the molecule is CCCCCN1C(=O)c2[nH]nc(-c3cc(Cl)ccc3O)c2C1c1cc(OC)c(OC)c(OC)c1. The molecule has 0 bridgehead atoms. The summed E-state index contributed by atoms with van der Waals surface area (Å²) in [4.78, 5) is 15.3. The summed E-state index contributed by atoms with van der Waals surface area (Å²) >= 11 is 6.22. The van der Waals surface area contributed by atoms with Crippen LogP contribution in [0.2, 0.25) is 5.02 Å². The molecular weight excluding hydrogens is 458 g/mol. The van der Waals surface area contributed by atoms with Crippen LogP contribution in [0.1, 0.15) is 53.8 Å². The number of H-pyrrole nitrogens is 1. The van der Waals surface area contributed by atoms with E-state index in [1.54, 1.807) is 33.5 Å². The van der Waals surface area contributed by atoms with Crippen LogP contribution in [0.5, 0.6) is 23.0 Å². The molecular formula is C25H28ClN3O5. The Morgan fingerprint density at radius 2 is 1.79 bits per heavy atom. The summed E-state index contributed by atoms with van der Waals surface area (Å²) in [6.45, 7) is 2.69. The fraction of sp³-hybridized carbons (Fsp3) is 0.360. The second kappa shape index (κ2) is 9.85. The van der Waals surface area contributed by atoms with Crippen LogP contribution in [-0.4, -0.2) is 54.0 Å². The van der Waals surface area contributed by atoms with Gasteiger partial charge >= 0.3 is 0 Å². The van der Waals surface area contributed by atoms with Crippen molar-refractivity contribution < 1.29 is 24.1 Å². The number of aromatic amines is 1. The van der Waals surface area contributed by atoms with Crippen LogP contribution in [0.3, 0.4) is 0 Å². The molecule has 8 nitrogen and oxygen atoms in total. The van der Waals surface area contributed by atoms with Gasteiger partial charge in [-0.3, -0.25) is 9.89 Å². The van der Waals surface area contributed by atoms with E-state index >= 15 is 0 Å². The first-order valence-corrected chi connectivity index (χ1v) is 11.5. The van der Waals surface area contributed by atoms with Crippen molar-refractivity contribution in [2.24, 2.45) is 0 Å². The molecule has 1 atom stereocenters. The number of fused-ring (bicyclic) bond motifs is 1. The molecule has 1 aliphatic heterocycles. The molecule has 1 aromatic heterocycles. The van der Waals surface area contributed by atoms with Crippen molar-refractivity contribution >= 4 is 17.5 Å².